The van der Waals surface area contributed by atoms with Gasteiger partial charge in [-0.2, -0.15) is 0 Å². The molecule has 7 heteroatoms. The van der Waals surface area contributed by atoms with Crippen molar-refractivity contribution in [3.63, 3.8) is 0 Å². The number of hydrogen-bond donors (Lipinski definition) is 2. The van der Waals surface area contributed by atoms with Gasteiger partial charge in [0.15, 0.2) is 0 Å². The number of piperazine rings is 1. The first-order chi connectivity index (χ1) is 14.2. The third-order valence-corrected chi connectivity index (χ3v) is 5.49. The van der Waals surface area contributed by atoms with E-state index in [0.717, 1.165) is 69.5 Å². The molecule has 2 fully saturated rings. The van der Waals surface area contributed by atoms with Gasteiger partial charge >= 0.3 is 0 Å². The Bertz CT molecular complexity index is 813. The van der Waals surface area contributed by atoms with E-state index in [2.05, 4.69) is 20.0 Å². The van der Waals surface area contributed by atoms with Crippen molar-refractivity contribution in [3.05, 3.63) is 48.5 Å². The summed E-state index contributed by atoms with van der Waals surface area (Å²) in [6.07, 6.45) is 0. The van der Waals surface area contributed by atoms with Crippen molar-refractivity contribution in [2.45, 2.75) is 0 Å². The molecule has 2 saturated heterocycles. The third-order valence-electron chi connectivity index (χ3n) is 5.49. The second kappa shape index (κ2) is 9.15. The van der Waals surface area contributed by atoms with Crippen LogP contribution in [0.15, 0.2) is 48.5 Å². The van der Waals surface area contributed by atoms with Crippen LogP contribution in [0, 0.1) is 0 Å². The summed E-state index contributed by atoms with van der Waals surface area (Å²) in [5.74, 6) is 0.305. The predicted molar refractivity (Wildman–Crippen MR) is 115 cm³/mol. The molecule has 0 spiro atoms. The van der Waals surface area contributed by atoms with Crippen LogP contribution in [0.25, 0.3) is 0 Å². The topological polar surface area (TPSA) is 68.3 Å². The van der Waals surface area contributed by atoms with Crippen molar-refractivity contribution in [1.29, 1.82) is 0 Å². The molecule has 0 saturated carbocycles. The minimum Gasteiger partial charge on any atom is -0.506 e. The molecule has 154 valence electrons. The first-order valence-corrected chi connectivity index (χ1v) is 10.2. The molecule has 7 nitrogen and oxygen atoms in total. The number of carbonyl (C=O) groups is 1. The summed E-state index contributed by atoms with van der Waals surface area (Å²) in [5.41, 5.74) is 2.84. The van der Waals surface area contributed by atoms with Crippen LogP contribution in [0.1, 0.15) is 0 Å². The Morgan fingerprint density at radius 2 is 1.59 bits per heavy atom. The number of morpholine rings is 1. The van der Waals surface area contributed by atoms with Crippen LogP contribution >= 0.6 is 0 Å². The maximum atomic E-state index is 12.4. The van der Waals surface area contributed by atoms with Crippen LogP contribution in [-0.4, -0.2) is 74.9 Å². The number of ether oxygens (including phenoxy) is 1. The lowest BCUT2D eigenvalue weighted by atomic mass is 10.2. The number of benzene rings is 2. The minimum atomic E-state index is 0.000121. The van der Waals surface area contributed by atoms with E-state index in [4.69, 9.17) is 4.74 Å². The van der Waals surface area contributed by atoms with Crippen LogP contribution in [0.5, 0.6) is 5.75 Å². The average Bonchev–Trinajstić information content (AvgIpc) is 2.76. The average molecular weight is 396 g/mol. The van der Waals surface area contributed by atoms with Crippen molar-refractivity contribution in [1.82, 2.24) is 4.90 Å². The molecule has 2 heterocycles. The summed E-state index contributed by atoms with van der Waals surface area (Å²) in [5, 5.41) is 13.0. The van der Waals surface area contributed by atoms with Crippen LogP contribution in [0.2, 0.25) is 0 Å². The van der Waals surface area contributed by atoms with Gasteiger partial charge in [-0.15, -0.1) is 0 Å². The lowest BCUT2D eigenvalue weighted by Gasteiger charge is -2.35. The van der Waals surface area contributed by atoms with Gasteiger partial charge in [0.05, 0.1) is 25.4 Å². The molecule has 0 radical (unpaired) electrons. The number of nitrogens with zero attached hydrogens (tertiary/aromatic N) is 3. The standard InChI is InChI=1S/C22H28N4O3/c27-21-4-2-1-3-20(21)26-11-9-24(10-12-26)17-22(28)23-18-5-7-19(8-6-18)25-13-15-29-16-14-25/h1-8,27H,9-17H2,(H,23,28). The molecule has 0 atom stereocenters. The predicted octanol–water partition coefficient (Wildman–Crippen LogP) is 1.99. The molecule has 2 aromatic carbocycles. The highest BCUT2D eigenvalue weighted by Gasteiger charge is 2.20. The summed E-state index contributed by atoms with van der Waals surface area (Å²) in [6.45, 7) is 6.86. The molecule has 2 aliphatic heterocycles. The van der Waals surface area contributed by atoms with Crippen LogP contribution < -0.4 is 15.1 Å². The van der Waals surface area contributed by atoms with Gasteiger partial charge in [-0.1, -0.05) is 12.1 Å². The fraction of sp³-hybridized carbons (Fsp3) is 0.409. The molecule has 29 heavy (non-hydrogen) atoms. The number of aromatic hydroxyl groups is 1. The smallest absolute Gasteiger partial charge is 0.238 e. The highest BCUT2D eigenvalue weighted by Crippen LogP contribution is 2.27. The van der Waals surface area contributed by atoms with E-state index < -0.39 is 0 Å². The zero-order valence-corrected chi connectivity index (χ0v) is 16.6. The fourth-order valence-corrected chi connectivity index (χ4v) is 3.86. The number of carbonyl (C=O) groups excluding carboxylic acids is 1. The van der Waals surface area contributed by atoms with Gasteiger partial charge in [-0.05, 0) is 36.4 Å². The summed E-state index contributed by atoms with van der Waals surface area (Å²) in [7, 11) is 0. The van der Waals surface area contributed by atoms with E-state index in [1.165, 1.54) is 0 Å². The number of para-hydroxylation sites is 2. The van der Waals surface area contributed by atoms with Gasteiger partial charge in [-0.3, -0.25) is 9.69 Å². The van der Waals surface area contributed by atoms with Gasteiger partial charge in [0.1, 0.15) is 5.75 Å². The fourth-order valence-electron chi connectivity index (χ4n) is 3.86. The Kier molecular flexibility index (Phi) is 6.17. The van der Waals surface area contributed by atoms with Crippen LogP contribution in [0.3, 0.4) is 0 Å². The molecule has 0 aliphatic carbocycles. The Labute approximate surface area is 171 Å². The number of anilines is 3. The molecule has 2 aromatic rings. The van der Waals surface area contributed by atoms with Gasteiger partial charge in [0.2, 0.25) is 5.91 Å². The summed E-state index contributed by atoms with van der Waals surface area (Å²) < 4.78 is 5.39. The highest BCUT2D eigenvalue weighted by molar-refractivity contribution is 5.92. The largest absolute Gasteiger partial charge is 0.506 e. The molecular formula is C22H28N4O3. The quantitative estimate of drug-likeness (QED) is 0.806. The van der Waals surface area contributed by atoms with Crippen LogP contribution in [0.4, 0.5) is 17.1 Å². The first kappa shape index (κ1) is 19.5. The number of nitrogens with one attached hydrogen (secondary N) is 1. The van der Waals surface area contributed by atoms with Crippen molar-refractivity contribution in [2.75, 3.05) is 74.1 Å². The number of hydrogen-bond acceptors (Lipinski definition) is 6. The SMILES string of the molecule is O=C(CN1CCN(c2ccccc2O)CC1)Nc1ccc(N2CCOCC2)cc1. The van der Waals surface area contributed by atoms with E-state index in [9.17, 15) is 9.90 Å². The molecule has 0 unspecified atom stereocenters. The Morgan fingerprint density at radius 1 is 0.897 bits per heavy atom. The van der Waals surface area contributed by atoms with E-state index >= 15 is 0 Å². The van der Waals surface area contributed by atoms with E-state index in [1.807, 2.05) is 42.5 Å². The normalized spacial score (nSPS) is 17.9. The second-order valence-electron chi connectivity index (χ2n) is 7.45. The number of amides is 1. The van der Waals surface area contributed by atoms with Gasteiger partial charge in [-0.25, -0.2) is 0 Å². The second-order valence-corrected chi connectivity index (χ2v) is 7.45. The Morgan fingerprint density at radius 3 is 2.28 bits per heavy atom. The number of rotatable bonds is 5. The van der Waals surface area contributed by atoms with Gasteiger partial charge in [0.25, 0.3) is 0 Å². The molecular weight excluding hydrogens is 368 g/mol. The molecule has 0 bridgehead atoms. The number of phenols is 1. The Balaban J connectivity index is 1.24. The van der Waals surface area contributed by atoms with Crippen molar-refractivity contribution < 1.29 is 14.6 Å². The summed E-state index contributed by atoms with van der Waals surface area (Å²) in [6, 6.07) is 15.4. The molecule has 2 N–H and O–H groups in total. The maximum absolute atomic E-state index is 12.4. The zero-order chi connectivity index (χ0) is 20.1. The highest BCUT2D eigenvalue weighted by atomic mass is 16.5. The monoisotopic (exact) mass is 396 g/mol. The molecule has 1 amide bonds. The van der Waals surface area contributed by atoms with Crippen molar-refractivity contribution in [3.8, 4) is 5.75 Å². The number of phenolic OH excluding ortho intramolecular Hbond substituents is 1. The van der Waals surface area contributed by atoms with Gasteiger partial charge in [0, 0.05) is 50.6 Å². The van der Waals surface area contributed by atoms with Crippen molar-refractivity contribution >= 4 is 23.0 Å². The minimum absolute atomic E-state index is 0.000121. The van der Waals surface area contributed by atoms with Gasteiger partial charge < -0.3 is 25.0 Å². The summed E-state index contributed by atoms with van der Waals surface area (Å²) in [4.78, 5) is 19.0. The lowest BCUT2D eigenvalue weighted by molar-refractivity contribution is -0.117. The van der Waals surface area contributed by atoms with Crippen LogP contribution in [-0.2, 0) is 9.53 Å². The molecule has 0 aromatic heterocycles. The summed E-state index contributed by atoms with van der Waals surface area (Å²) >= 11 is 0. The van der Waals surface area contributed by atoms with E-state index in [-0.39, 0.29) is 5.91 Å². The molecule has 4 rings (SSSR count). The van der Waals surface area contributed by atoms with E-state index in [0.29, 0.717) is 12.3 Å². The maximum Gasteiger partial charge on any atom is 0.238 e. The zero-order valence-electron chi connectivity index (χ0n) is 16.6. The third kappa shape index (κ3) is 4.99. The first-order valence-electron chi connectivity index (χ1n) is 10.2. The lowest BCUT2D eigenvalue weighted by Crippen LogP contribution is -2.48. The van der Waals surface area contributed by atoms with Crippen molar-refractivity contribution in [2.24, 2.45) is 0 Å². The molecule has 2 aliphatic rings. The van der Waals surface area contributed by atoms with E-state index in [1.54, 1.807) is 6.07 Å². The Hall–Kier alpha value is -2.77.